The lowest BCUT2D eigenvalue weighted by atomic mass is 10.0. The van der Waals surface area contributed by atoms with Crippen molar-refractivity contribution in [2.24, 2.45) is 10.8 Å². The summed E-state index contributed by atoms with van der Waals surface area (Å²) in [5.74, 6) is -1.91. The molecule has 0 aliphatic heterocycles. The highest BCUT2D eigenvalue weighted by molar-refractivity contribution is 6.29. The van der Waals surface area contributed by atoms with Crippen molar-refractivity contribution in [1.82, 2.24) is 64.2 Å². The van der Waals surface area contributed by atoms with Crippen LogP contribution in [-0.2, 0) is 0 Å². The SMILES string of the molecule is C/C(=N\NC(N)=O)c1ccc2ncc(C(O)c3cc4cccnc4cc3F)n2n1.CC(=O)c1ccc2ncc(C(O)c3cc4cccnc4cc3F)n2n1.OC(c1cc2cccnc2cc1F)c1cnc2ccc(Cl)nn12. The molecule has 12 aromatic rings. The van der Waals surface area contributed by atoms with Crippen LogP contribution < -0.4 is 11.2 Å². The first kappa shape index (κ1) is 50.8. The second-order valence-electron chi connectivity index (χ2n) is 17.1. The Labute approximate surface area is 436 Å². The molecular weight excluding hydrogens is 1020 g/mol. The zero-order valence-corrected chi connectivity index (χ0v) is 40.9. The summed E-state index contributed by atoms with van der Waals surface area (Å²) in [5, 5.41) is 51.1. The predicted octanol–water partition coefficient (Wildman–Crippen LogP) is 7.74. The van der Waals surface area contributed by atoms with Crippen LogP contribution in [0.3, 0.4) is 0 Å². The molecule has 9 aromatic heterocycles. The second kappa shape index (κ2) is 21.3. The van der Waals surface area contributed by atoms with E-state index in [-0.39, 0.29) is 44.7 Å². The van der Waals surface area contributed by atoms with Crippen molar-refractivity contribution in [3.63, 3.8) is 0 Å². The van der Waals surface area contributed by atoms with E-state index < -0.39 is 41.8 Å². The molecule has 6 N–H and O–H groups in total. The van der Waals surface area contributed by atoms with Crippen LogP contribution in [-0.4, -0.2) is 91.6 Å². The normalized spacial score (nSPS) is 12.8. The molecule has 0 aliphatic carbocycles. The molecule has 2 amide bonds. The number of hydrazone groups is 1. The molecule has 3 atom stereocenters. The number of carbonyl (C=O) groups excluding carboxylic acids is 2. The van der Waals surface area contributed by atoms with Gasteiger partial charge in [0.1, 0.15) is 52.3 Å². The number of carbonyl (C=O) groups is 2. The Bertz CT molecular complexity index is 4290. The average molecular weight is 1060 g/mol. The zero-order valence-electron chi connectivity index (χ0n) is 40.1. The molecule has 0 fully saturated rings. The van der Waals surface area contributed by atoms with Crippen molar-refractivity contribution in [1.29, 1.82) is 0 Å². The van der Waals surface area contributed by atoms with E-state index in [4.69, 9.17) is 17.3 Å². The summed E-state index contributed by atoms with van der Waals surface area (Å²) < 4.78 is 47.6. The van der Waals surface area contributed by atoms with E-state index in [1.165, 1.54) is 57.3 Å². The largest absolute Gasteiger partial charge is 0.382 e. The van der Waals surface area contributed by atoms with Crippen molar-refractivity contribution in [2.45, 2.75) is 32.2 Å². The number of nitrogens with two attached hydrogens (primary N) is 1. The fourth-order valence-electron chi connectivity index (χ4n) is 8.23. The third kappa shape index (κ3) is 10.4. The first-order valence-electron chi connectivity index (χ1n) is 23.1. The van der Waals surface area contributed by atoms with Crippen LogP contribution in [0.1, 0.15) is 82.1 Å². The van der Waals surface area contributed by atoms with Gasteiger partial charge in [0.15, 0.2) is 22.7 Å². The molecule has 3 aromatic carbocycles. The number of hydrogen-bond donors (Lipinski definition) is 5. The highest BCUT2D eigenvalue weighted by atomic mass is 35.5. The summed E-state index contributed by atoms with van der Waals surface area (Å²) in [7, 11) is 0. The molecule has 0 saturated heterocycles. The van der Waals surface area contributed by atoms with Crippen molar-refractivity contribution < 1.29 is 38.1 Å². The number of nitrogens with one attached hydrogen (secondary N) is 1. The lowest BCUT2D eigenvalue weighted by Crippen LogP contribution is -2.25. The highest BCUT2D eigenvalue weighted by Gasteiger charge is 2.24. The quantitative estimate of drug-likeness (QED) is 0.0526. The van der Waals surface area contributed by atoms with Gasteiger partial charge >= 0.3 is 6.03 Å². The maximum Gasteiger partial charge on any atom is 0.332 e. The van der Waals surface area contributed by atoms with Gasteiger partial charge < -0.3 is 21.1 Å². The first-order chi connectivity index (χ1) is 37.1. The Morgan fingerprint density at radius 1 is 0.545 bits per heavy atom. The van der Waals surface area contributed by atoms with Crippen molar-refractivity contribution in [2.75, 3.05) is 0 Å². The van der Waals surface area contributed by atoms with E-state index in [1.54, 1.807) is 110 Å². The monoisotopic (exact) mass is 1060 g/mol. The number of rotatable bonds is 9. The molecule has 0 bridgehead atoms. The number of aromatic nitrogens is 12. The standard InChI is InChI=1S/C19H16FN7O2.C18H13FN4O2.C16H10ClFN4O/c1-10(24-25-19(21)29)14-4-5-17-23-9-16(27(17)26-14)18(28)12-7-11-3-2-6-22-15(11)8-13(12)20;1-10(24)14-4-5-17-21-9-16(23(17)22-14)18(25)12-7-11-3-2-6-20-15(11)8-13(12)19;17-14-3-4-15-20-8-13(22(15)21-14)16(23)10-6-9-2-1-5-19-12(9)7-11(10)18/h2-9,18,28H,1H3,(H3,21,25,29);2-9,18,25H,1H3;1-8,16,23H/b24-10+;;. The second-order valence-corrected chi connectivity index (χ2v) is 17.5. The smallest absolute Gasteiger partial charge is 0.332 e. The number of halogens is 4. The molecule has 9 heterocycles. The van der Waals surface area contributed by atoms with Crippen molar-refractivity contribution in [3.05, 3.63) is 214 Å². The van der Waals surface area contributed by atoms with E-state index in [1.807, 2.05) is 6.07 Å². The van der Waals surface area contributed by atoms with Gasteiger partial charge in [-0.25, -0.2) is 51.9 Å². The summed E-state index contributed by atoms with van der Waals surface area (Å²) in [6, 6.07) is 28.1. The number of primary amides is 1. The number of urea groups is 1. The number of benzene rings is 3. The minimum Gasteiger partial charge on any atom is -0.382 e. The number of amides is 2. The third-order valence-corrected chi connectivity index (χ3v) is 12.3. The third-order valence-electron chi connectivity index (χ3n) is 12.1. The number of imidazole rings is 3. The van der Waals surface area contributed by atoms with Gasteiger partial charge in [0.2, 0.25) is 0 Å². The number of aliphatic hydroxyl groups excluding tert-OH is 3. The van der Waals surface area contributed by atoms with Gasteiger partial charge in [0.25, 0.3) is 0 Å². The Balaban J connectivity index is 0.000000132. The summed E-state index contributed by atoms with van der Waals surface area (Å²) in [6.45, 7) is 3.03. The fourth-order valence-corrected chi connectivity index (χ4v) is 8.37. The highest BCUT2D eigenvalue weighted by Crippen LogP contribution is 2.31. The summed E-state index contributed by atoms with van der Waals surface area (Å²) >= 11 is 5.88. The first-order valence-corrected chi connectivity index (χ1v) is 23.5. The van der Waals surface area contributed by atoms with Gasteiger partial charge in [-0.05, 0) is 79.7 Å². The Kier molecular flexibility index (Phi) is 14.0. The average Bonchev–Trinajstić information content (AvgIpc) is 4.18. The Morgan fingerprint density at radius 3 is 1.32 bits per heavy atom. The van der Waals surface area contributed by atoms with Crippen LogP contribution in [0.15, 0.2) is 151 Å². The van der Waals surface area contributed by atoms with Crippen LogP contribution in [0.2, 0.25) is 5.15 Å². The van der Waals surface area contributed by atoms with Gasteiger partial charge in [-0.15, -0.1) is 0 Å². The van der Waals surface area contributed by atoms with Crippen LogP contribution >= 0.6 is 11.6 Å². The lowest BCUT2D eigenvalue weighted by molar-refractivity contribution is 0.101. The minimum atomic E-state index is -1.31. The summed E-state index contributed by atoms with van der Waals surface area (Å²) in [6.07, 6.45) is 5.24. The predicted molar refractivity (Wildman–Crippen MR) is 276 cm³/mol. The van der Waals surface area contributed by atoms with Crippen molar-refractivity contribution >= 4 is 78.8 Å². The molecule has 0 aliphatic rings. The molecule has 12 rings (SSSR count). The fraction of sp³-hybridized carbons (Fsp3) is 0.0943. The van der Waals surface area contributed by atoms with E-state index in [2.05, 4.69) is 55.7 Å². The zero-order chi connectivity index (χ0) is 54.1. The summed E-state index contributed by atoms with van der Waals surface area (Å²) in [5.41, 5.74) is 12.4. The van der Waals surface area contributed by atoms with Crippen LogP contribution in [0.25, 0.3) is 49.7 Å². The van der Waals surface area contributed by atoms with Crippen LogP contribution in [0.5, 0.6) is 0 Å². The number of aliphatic hydroxyl groups is 3. The van der Waals surface area contributed by atoms with Gasteiger partial charge in [0, 0.05) is 76.6 Å². The molecule has 3 unspecified atom stereocenters. The Morgan fingerprint density at radius 2 is 0.922 bits per heavy atom. The number of fused-ring (bicyclic) bond motifs is 6. The van der Waals surface area contributed by atoms with E-state index in [9.17, 15) is 38.1 Å². The van der Waals surface area contributed by atoms with Crippen LogP contribution in [0, 0.1) is 17.5 Å². The number of ketones is 1. The maximum absolute atomic E-state index is 14.6. The van der Waals surface area contributed by atoms with Gasteiger partial charge in [-0.1, -0.05) is 29.8 Å². The number of nitrogens with zero attached hydrogens (tertiary/aromatic N) is 13. The molecule has 0 saturated carbocycles. The Hall–Kier alpha value is -9.68. The molecule has 384 valence electrons. The van der Waals surface area contributed by atoms with Gasteiger partial charge in [0.05, 0.1) is 57.9 Å². The molecular formula is C53H39ClF3N15O5. The van der Waals surface area contributed by atoms with E-state index >= 15 is 0 Å². The van der Waals surface area contributed by atoms with Crippen molar-refractivity contribution in [3.8, 4) is 0 Å². The minimum absolute atomic E-state index is 0.0836. The molecule has 0 spiro atoms. The maximum atomic E-state index is 14.6. The topological polar surface area (TPSA) is 274 Å². The molecule has 20 nitrogen and oxygen atoms in total. The lowest BCUT2D eigenvalue weighted by Gasteiger charge is -2.13. The van der Waals surface area contributed by atoms with E-state index in [0.29, 0.717) is 61.4 Å². The van der Waals surface area contributed by atoms with Gasteiger partial charge in [-0.2, -0.15) is 20.4 Å². The molecule has 24 heteroatoms. The summed E-state index contributed by atoms with van der Waals surface area (Å²) in [4.78, 5) is 47.2. The van der Waals surface area contributed by atoms with Crippen LogP contribution in [0.4, 0.5) is 18.0 Å². The number of pyridine rings is 3. The number of hydrogen-bond acceptors (Lipinski definition) is 15. The molecule has 77 heavy (non-hydrogen) atoms. The number of Topliss-reactive ketones (excluding diaryl/α,β-unsaturated/α-hetero) is 1. The van der Waals surface area contributed by atoms with Gasteiger partial charge in [-0.3, -0.25) is 19.7 Å². The van der Waals surface area contributed by atoms with E-state index in [0.717, 1.165) is 5.39 Å². The molecule has 0 radical (unpaired) electrons.